The molecule has 0 amide bonds. The molecule has 0 aliphatic carbocycles. The quantitative estimate of drug-likeness (QED) is 0.802. The predicted octanol–water partition coefficient (Wildman–Crippen LogP) is 2.93. The van der Waals surface area contributed by atoms with Gasteiger partial charge in [-0.2, -0.15) is 0 Å². The van der Waals surface area contributed by atoms with Crippen LogP contribution in [0.2, 0.25) is 0 Å². The molecule has 0 heterocycles. The number of hydrogen-bond acceptors (Lipinski definition) is 3. The Bertz CT molecular complexity index is 610. The lowest BCUT2D eigenvalue weighted by atomic mass is 9.89. The lowest BCUT2D eigenvalue weighted by Crippen LogP contribution is -2.13. The topological polar surface area (TPSA) is 77.8 Å². The number of aromatic hydroxyl groups is 2. The minimum Gasteiger partial charge on any atom is -0.508 e. The molecule has 0 radical (unpaired) electrons. The van der Waals surface area contributed by atoms with Crippen molar-refractivity contribution in [2.45, 2.75) is 19.8 Å². The zero-order valence-corrected chi connectivity index (χ0v) is 11.3. The van der Waals surface area contributed by atoms with Crippen LogP contribution in [0.1, 0.15) is 28.2 Å². The number of hydrogen-bond donors (Lipinski definition) is 3. The predicted molar refractivity (Wildman–Crippen MR) is 75.2 cm³/mol. The van der Waals surface area contributed by atoms with Crippen molar-refractivity contribution < 1.29 is 20.1 Å². The van der Waals surface area contributed by atoms with Gasteiger partial charge in [0, 0.05) is 0 Å². The maximum atomic E-state index is 11.6. The molecule has 0 unspecified atom stereocenters. The molecule has 0 saturated heterocycles. The second-order valence-corrected chi connectivity index (χ2v) is 4.86. The van der Waals surface area contributed by atoms with Gasteiger partial charge in [-0.1, -0.05) is 24.3 Å². The monoisotopic (exact) mass is 272 g/mol. The molecule has 4 nitrogen and oxygen atoms in total. The zero-order chi connectivity index (χ0) is 14.9. The van der Waals surface area contributed by atoms with E-state index in [1.54, 1.807) is 38.1 Å². The highest BCUT2D eigenvalue weighted by Crippen LogP contribution is 2.30. The minimum atomic E-state index is -0.972. The average molecular weight is 272 g/mol. The Morgan fingerprint density at radius 2 is 1.30 bits per heavy atom. The summed E-state index contributed by atoms with van der Waals surface area (Å²) >= 11 is 0. The van der Waals surface area contributed by atoms with Crippen molar-refractivity contribution in [2.75, 3.05) is 0 Å². The van der Waals surface area contributed by atoms with Gasteiger partial charge in [-0.25, -0.2) is 0 Å². The highest BCUT2D eigenvalue weighted by molar-refractivity contribution is 5.80. The molecule has 20 heavy (non-hydrogen) atoms. The van der Waals surface area contributed by atoms with Gasteiger partial charge >= 0.3 is 5.97 Å². The van der Waals surface area contributed by atoms with Crippen LogP contribution in [0.4, 0.5) is 0 Å². The second-order valence-electron chi connectivity index (χ2n) is 4.86. The van der Waals surface area contributed by atoms with Crippen LogP contribution in [0.3, 0.4) is 0 Å². The molecule has 3 N–H and O–H groups in total. The first-order valence-electron chi connectivity index (χ1n) is 6.22. The fourth-order valence-corrected chi connectivity index (χ4v) is 2.19. The fraction of sp³-hybridized carbons (Fsp3) is 0.188. The van der Waals surface area contributed by atoms with Crippen molar-refractivity contribution in [2.24, 2.45) is 0 Å². The van der Waals surface area contributed by atoms with Crippen LogP contribution >= 0.6 is 0 Å². The summed E-state index contributed by atoms with van der Waals surface area (Å²) in [6.07, 6.45) is 0. The lowest BCUT2D eigenvalue weighted by molar-refractivity contribution is -0.137. The Morgan fingerprint density at radius 1 is 0.900 bits per heavy atom. The number of phenols is 2. The van der Waals surface area contributed by atoms with Crippen LogP contribution < -0.4 is 0 Å². The highest BCUT2D eigenvalue weighted by Gasteiger charge is 2.23. The molecule has 104 valence electrons. The number of carbonyl (C=O) groups is 1. The second kappa shape index (κ2) is 5.25. The molecule has 2 aromatic carbocycles. The molecular formula is C16H16O4. The molecule has 0 fully saturated rings. The fourth-order valence-electron chi connectivity index (χ4n) is 2.19. The van der Waals surface area contributed by atoms with E-state index in [1.165, 1.54) is 12.1 Å². The Hall–Kier alpha value is -2.49. The summed E-state index contributed by atoms with van der Waals surface area (Å²) in [7, 11) is 0. The van der Waals surface area contributed by atoms with E-state index in [-0.39, 0.29) is 11.5 Å². The number of carboxylic acids is 1. The molecule has 2 aromatic rings. The van der Waals surface area contributed by atoms with Crippen LogP contribution in [0, 0.1) is 13.8 Å². The van der Waals surface area contributed by atoms with E-state index in [4.69, 9.17) is 0 Å². The third-order valence-corrected chi connectivity index (χ3v) is 3.36. The van der Waals surface area contributed by atoms with Crippen LogP contribution in [-0.2, 0) is 4.79 Å². The molecule has 0 saturated carbocycles. The highest BCUT2D eigenvalue weighted by atomic mass is 16.4. The molecular weight excluding hydrogens is 256 g/mol. The van der Waals surface area contributed by atoms with Crippen LogP contribution in [0.15, 0.2) is 36.4 Å². The van der Waals surface area contributed by atoms with Gasteiger partial charge in [0.25, 0.3) is 0 Å². The molecule has 0 bridgehead atoms. The minimum absolute atomic E-state index is 0.139. The van der Waals surface area contributed by atoms with Gasteiger partial charge in [-0.15, -0.1) is 0 Å². The van der Waals surface area contributed by atoms with Crippen molar-refractivity contribution >= 4 is 5.97 Å². The lowest BCUT2D eigenvalue weighted by Gasteiger charge is -2.15. The van der Waals surface area contributed by atoms with Gasteiger partial charge in [0.15, 0.2) is 0 Å². The first kappa shape index (κ1) is 13.9. The van der Waals surface area contributed by atoms with Gasteiger partial charge in [-0.3, -0.25) is 4.79 Å². The van der Waals surface area contributed by atoms with Gasteiger partial charge in [0.2, 0.25) is 0 Å². The van der Waals surface area contributed by atoms with E-state index in [0.29, 0.717) is 22.3 Å². The van der Waals surface area contributed by atoms with Gasteiger partial charge in [0.1, 0.15) is 17.4 Å². The maximum absolute atomic E-state index is 11.6. The molecule has 0 atom stereocenters. The maximum Gasteiger partial charge on any atom is 0.315 e. The zero-order valence-electron chi connectivity index (χ0n) is 11.3. The molecule has 4 heteroatoms. The third-order valence-electron chi connectivity index (χ3n) is 3.36. The van der Waals surface area contributed by atoms with Crippen molar-refractivity contribution in [1.29, 1.82) is 0 Å². The van der Waals surface area contributed by atoms with E-state index >= 15 is 0 Å². The number of phenolic OH excluding ortho intramolecular Hbond substituents is 2. The van der Waals surface area contributed by atoms with Crippen LogP contribution in [-0.4, -0.2) is 21.3 Å². The third kappa shape index (κ3) is 2.59. The average Bonchev–Trinajstić information content (AvgIpc) is 2.38. The van der Waals surface area contributed by atoms with E-state index in [2.05, 4.69) is 0 Å². The molecule has 0 aromatic heterocycles. The van der Waals surface area contributed by atoms with Crippen LogP contribution in [0.25, 0.3) is 0 Å². The van der Waals surface area contributed by atoms with Gasteiger partial charge in [-0.05, 0) is 48.2 Å². The molecule has 0 spiro atoms. The number of rotatable bonds is 3. The van der Waals surface area contributed by atoms with Crippen molar-refractivity contribution in [3.05, 3.63) is 58.7 Å². The van der Waals surface area contributed by atoms with E-state index < -0.39 is 11.9 Å². The smallest absolute Gasteiger partial charge is 0.315 e. The number of carboxylic acid groups (broad SMARTS) is 1. The summed E-state index contributed by atoms with van der Waals surface area (Å²) in [5.41, 5.74) is 2.45. The van der Waals surface area contributed by atoms with Crippen LogP contribution in [0.5, 0.6) is 11.5 Å². The number of benzene rings is 2. The largest absolute Gasteiger partial charge is 0.508 e. The van der Waals surface area contributed by atoms with Crippen molar-refractivity contribution in [3.8, 4) is 11.5 Å². The van der Waals surface area contributed by atoms with E-state index in [9.17, 15) is 20.1 Å². The summed E-state index contributed by atoms with van der Waals surface area (Å²) in [6, 6.07) is 9.51. The van der Waals surface area contributed by atoms with E-state index in [0.717, 1.165) is 0 Å². The first-order valence-corrected chi connectivity index (χ1v) is 6.22. The van der Waals surface area contributed by atoms with Gasteiger partial charge < -0.3 is 15.3 Å². The van der Waals surface area contributed by atoms with Crippen molar-refractivity contribution in [3.63, 3.8) is 0 Å². The van der Waals surface area contributed by atoms with Gasteiger partial charge in [0.05, 0.1) is 0 Å². The summed E-state index contributed by atoms with van der Waals surface area (Å²) in [6.45, 7) is 3.44. The van der Waals surface area contributed by atoms with Crippen molar-refractivity contribution in [1.82, 2.24) is 0 Å². The molecule has 0 aliphatic rings. The Morgan fingerprint density at radius 3 is 1.60 bits per heavy atom. The normalized spacial score (nSPS) is 10.8. The van der Waals surface area contributed by atoms with E-state index in [1.807, 2.05) is 0 Å². The number of aryl methyl sites for hydroxylation is 2. The molecule has 2 rings (SSSR count). The number of aliphatic carboxylic acids is 1. The summed E-state index contributed by atoms with van der Waals surface area (Å²) < 4.78 is 0. The molecule has 0 aliphatic heterocycles. The standard InChI is InChI=1S/C16H16O4/c1-9-7-11(3-5-13(9)17)15(16(19)20)12-4-6-14(18)10(2)8-12/h3-8,15,17-18H,1-2H3,(H,19,20). The SMILES string of the molecule is Cc1cc(C(C(=O)O)c2ccc(O)c(C)c2)ccc1O. The summed E-state index contributed by atoms with van der Waals surface area (Å²) in [5, 5.41) is 28.5. The Labute approximate surface area is 116 Å². The Kier molecular flexibility index (Phi) is 3.66. The summed E-state index contributed by atoms with van der Waals surface area (Å²) in [5.74, 6) is -1.52. The first-order chi connectivity index (χ1) is 9.40. The Balaban J connectivity index is 2.53. The summed E-state index contributed by atoms with van der Waals surface area (Å²) in [4.78, 5) is 11.6.